The summed E-state index contributed by atoms with van der Waals surface area (Å²) < 4.78 is 0. The molecule has 0 aliphatic rings. The molecule has 0 bridgehead atoms. The van der Waals surface area contributed by atoms with Gasteiger partial charge in [-0.1, -0.05) is 13.0 Å². The lowest BCUT2D eigenvalue weighted by Gasteiger charge is -2.13. The van der Waals surface area contributed by atoms with Gasteiger partial charge in [0.25, 0.3) is 5.91 Å². The standard InChI is InChI=1S/C11H14N4OS/c1-3-8(9-5-4-6-17-9)13-11(16)10-12-7(2)14-15-10/h4-6,8H,3H2,1-2H3,(H,13,16)(H,12,14,15). The lowest BCUT2D eigenvalue weighted by Crippen LogP contribution is -2.28. The van der Waals surface area contributed by atoms with Crippen molar-refractivity contribution >= 4 is 17.2 Å². The Bertz CT molecular complexity index is 491. The van der Waals surface area contributed by atoms with Crippen LogP contribution in [0.1, 0.15) is 40.7 Å². The third-order valence-electron chi connectivity index (χ3n) is 2.40. The molecule has 5 nitrogen and oxygen atoms in total. The largest absolute Gasteiger partial charge is 0.342 e. The summed E-state index contributed by atoms with van der Waals surface area (Å²) in [5.41, 5.74) is 0. The minimum atomic E-state index is -0.241. The summed E-state index contributed by atoms with van der Waals surface area (Å²) in [7, 11) is 0. The monoisotopic (exact) mass is 250 g/mol. The Hall–Kier alpha value is -1.69. The lowest BCUT2D eigenvalue weighted by molar-refractivity contribution is 0.0926. The van der Waals surface area contributed by atoms with E-state index in [0.717, 1.165) is 11.3 Å². The van der Waals surface area contributed by atoms with Gasteiger partial charge >= 0.3 is 0 Å². The molecule has 0 radical (unpaired) electrons. The first-order chi connectivity index (χ1) is 8.20. The van der Waals surface area contributed by atoms with Crippen molar-refractivity contribution in [3.05, 3.63) is 34.0 Å². The Morgan fingerprint density at radius 2 is 2.47 bits per heavy atom. The number of aromatic amines is 1. The van der Waals surface area contributed by atoms with Crippen LogP contribution in [-0.2, 0) is 0 Å². The first-order valence-corrected chi connectivity index (χ1v) is 6.32. The van der Waals surface area contributed by atoms with E-state index in [1.807, 2.05) is 24.4 Å². The van der Waals surface area contributed by atoms with Crippen LogP contribution in [0.15, 0.2) is 17.5 Å². The second kappa shape index (κ2) is 5.09. The molecule has 17 heavy (non-hydrogen) atoms. The number of hydrogen-bond donors (Lipinski definition) is 2. The predicted octanol–water partition coefficient (Wildman–Crippen LogP) is 2.06. The average Bonchev–Trinajstić information content (AvgIpc) is 2.96. The third kappa shape index (κ3) is 2.71. The van der Waals surface area contributed by atoms with Gasteiger partial charge < -0.3 is 5.32 Å². The summed E-state index contributed by atoms with van der Waals surface area (Å²) in [6, 6.07) is 4.02. The number of nitrogens with zero attached hydrogens (tertiary/aromatic N) is 2. The molecule has 2 aromatic rings. The van der Waals surface area contributed by atoms with Gasteiger partial charge in [0.1, 0.15) is 5.82 Å². The van der Waals surface area contributed by atoms with Crippen LogP contribution < -0.4 is 5.32 Å². The van der Waals surface area contributed by atoms with Crippen molar-refractivity contribution in [1.29, 1.82) is 0 Å². The zero-order valence-corrected chi connectivity index (χ0v) is 10.5. The van der Waals surface area contributed by atoms with Crippen LogP contribution in [0.2, 0.25) is 0 Å². The molecule has 0 saturated heterocycles. The number of hydrogen-bond acceptors (Lipinski definition) is 4. The van der Waals surface area contributed by atoms with Gasteiger partial charge in [-0.3, -0.25) is 9.89 Å². The van der Waals surface area contributed by atoms with Crippen LogP contribution in [0, 0.1) is 6.92 Å². The van der Waals surface area contributed by atoms with Gasteiger partial charge in [0.05, 0.1) is 6.04 Å². The number of H-pyrrole nitrogens is 1. The average molecular weight is 250 g/mol. The van der Waals surface area contributed by atoms with E-state index in [9.17, 15) is 4.79 Å². The molecule has 0 aliphatic carbocycles. The number of thiophene rings is 1. The molecule has 0 spiro atoms. The predicted molar refractivity (Wildman–Crippen MR) is 65.9 cm³/mol. The molecule has 6 heteroatoms. The molecular formula is C11H14N4OS. The normalized spacial score (nSPS) is 12.4. The number of carbonyl (C=O) groups excluding carboxylic acids is 1. The minimum absolute atomic E-state index is 0.0290. The summed E-state index contributed by atoms with van der Waals surface area (Å²) in [5.74, 6) is 0.589. The van der Waals surface area contributed by atoms with E-state index in [-0.39, 0.29) is 17.8 Å². The first kappa shape index (κ1) is 11.8. The van der Waals surface area contributed by atoms with Crippen LogP contribution in [0.4, 0.5) is 0 Å². The second-order valence-electron chi connectivity index (χ2n) is 3.69. The summed E-state index contributed by atoms with van der Waals surface area (Å²) in [4.78, 5) is 17.0. The third-order valence-corrected chi connectivity index (χ3v) is 3.39. The molecule has 1 amide bonds. The number of nitrogens with one attached hydrogen (secondary N) is 2. The van der Waals surface area contributed by atoms with Crippen molar-refractivity contribution in [1.82, 2.24) is 20.5 Å². The zero-order valence-electron chi connectivity index (χ0n) is 9.73. The molecule has 1 atom stereocenters. The number of aryl methyl sites for hydroxylation is 1. The summed E-state index contributed by atoms with van der Waals surface area (Å²) in [6.45, 7) is 3.80. The highest BCUT2D eigenvalue weighted by Crippen LogP contribution is 2.21. The Kier molecular flexibility index (Phi) is 3.53. The Morgan fingerprint density at radius 1 is 1.65 bits per heavy atom. The van der Waals surface area contributed by atoms with Crippen molar-refractivity contribution in [2.24, 2.45) is 0 Å². The zero-order chi connectivity index (χ0) is 12.3. The molecule has 0 aliphatic heterocycles. The van der Waals surface area contributed by atoms with Crippen LogP contribution in [0.3, 0.4) is 0 Å². The molecule has 1 unspecified atom stereocenters. The van der Waals surface area contributed by atoms with E-state index in [1.54, 1.807) is 18.3 Å². The van der Waals surface area contributed by atoms with Gasteiger partial charge in [0.15, 0.2) is 0 Å². The maximum absolute atomic E-state index is 11.9. The molecular weight excluding hydrogens is 236 g/mol. The molecule has 90 valence electrons. The van der Waals surface area contributed by atoms with E-state index < -0.39 is 0 Å². The van der Waals surface area contributed by atoms with E-state index in [0.29, 0.717) is 5.82 Å². The fourth-order valence-electron chi connectivity index (χ4n) is 1.53. The molecule has 0 saturated carbocycles. The number of aromatic nitrogens is 3. The first-order valence-electron chi connectivity index (χ1n) is 5.44. The van der Waals surface area contributed by atoms with Gasteiger partial charge in [-0.15, -0.1) is 16.4 Å². The highest BCUT2D eigenvalue weighted by atomic mass is 32.1. The minimum Gasteiger partial charge on any atom is -0.342 e. The number of amides is 1. The molecule has 2 rings (SSSR count). The molecule has 0 fully saturated rings. The van der Waals surface area contributed by atoms with Crippen molar-refractivity contribution in [3.63, 3.8) is 0 Å². The molecule has 0 aromatic carbocycles. The van der Waals surface area contributed by atoms with Gasteiger partial charge in [0.2, 0.25) is 5.82 Å². The lowest BCUT2D eigenvalue weighted by atomic mass is 10.2. The number of rotatable bonds is 4. The second-order valence-corrected chi connectivity index (χ2v) is 4.67. The van der Waals surface area contributed by atoms with Crippen molar-refractivity contribution in [2.45, 2.75) is 26.3 Å². The van der Waals surface area contributed by atoms with E-state index in [1.165, 1.54) is 0 Å². The Balaban J connectivity index is 2.07. The van der Waals surface area contributed by atoms with Crippen LogP contribution >= 0.6 is 11.3 Å². The van der Waals surface area contributed by atoms with E-state index in [2.05, 4.69) is 20.5 Å². The Labute approximate surface area is 103 Å². The van der Waals surface area contributed by atoms with E-state index >= 15 is 0 Å². The maximum Gasteiger partial charge on any atom is 0.291 e. The molecule has 2 aromatic heterocycles. The van der Waals surface area contributed by atoms with Crippen molar-refractivity contribution < 1.29 is 4.79 Å². The topological polar surface area (TPSA) is 70.7 Å². The van der Waals surface area contributed by atoms with Crippen molar-refractivity contribution in [3.8, 4) is 0 Å². The number of carbonyl (C=O) groups is 1. The molecule has 2 heterocycles. The van der Waals surface area contributed by atoms with Crippen molar-refractivity contribution in [2.75, 3.05) is 0 Å². The quantitative estimate of drug-likeness (QED) is 0.872. The fraction of sp³-hybridized carbons (Fsp3) is 0.364. The van der Waals surface area contributed by atoms with Crippen LogP contribution in [-0.4, -0.2) is 21.1 Å². The van der Waals surface area contributed by atoms with Gasteiger partial charge in [0, 0.05) is 4.88 Å². The van der Waals surface area contributed by atoms with Crippen LogP contribution in [0.25, 0.3) is 0 Å². The van der Waals surface area contributed by atoms with E-state index in [4.69, 9.17) is 0 Å². The van der Waals surface area contributed by atoms with Gasteiger partial charge in [-0.25, -0.2) is 4.98 Å². The van der Waals surface area contributed by atoms with Gasteiger partial charge in [-0.2, -0.15) is 0 Å². The summed E-state index contributed by atoms with van der Waals surface area (Å²) in [5, 5.41) is 11.4. The summed E-state index contributed by atoms with van der Waals surface area (Å²) >= 11 is 1.63. The highest BCUT2D eigenvalue weighted by Gasteiger charge is 2.17. The Morgan fingerprint density at radius 3 is 3.00 bits per heavy atom. The fourth-order valence-corrected chi connectivity index (χ4v) is 2.39. The maximum atomic E-state index is 11.9. The van der Waals surface area contributed by atoms with Crippen LogP contribution in [0.5, 0.6) is 0 Å². The van der Waals surface area contributed by atoms with Gasteiger partial charge in [-0.05, 0) is 24.8 Å². The molecule has 2 N–H and O–H groups in total. The summed E-state index contributed by atoms with van der Waals surface area (Å²) in [6.07, 6.45) is 0.843. The highest BCUT2D eigenvalue weighted by molar-refractivity contribution is 7.10. The smallest absolute Gasteiger partial charge is 0.291 e. The SMILES string of the molecule is CCC(NC(=O)c1n[nH]c(C)n1)c1cccs1.